The third kappa shape index (κ3) is 8.50. The van der Waals surface area contributed by atoms with Gasteiger partial charge < -0.3 is 24.3 Å². The normalized spacial score (nSPS) is 35.8. The highest BCUT2D eigenvalue weighted by Crippen LogP contribution is 2.36. The lowest BCUT2D eigenvalue weighted by Gasteiger charge is -2.43. The molecule has 0 aromatic carbocycles. The molecule has 208 valence electrons. The summed E-state index contributed by atoms with van der Waals surface area (Å²) < 4.78 is 22.0. The molecule has 0 spiro atoms. The topological polar surface area (TPSA) is 193 Å². The monoisotopic (exact) mass is 524 g/mol. The van der Waals surface area contributed by atoms with Crippen LogP contribution in [0.25, 0.3) is 20.9 Å². The smallest absolute Gasteiger partial charge is 0.305 e. The predicted octanol–water partition coefficient (Wildman–Crippen LogP) is 4.11. The Kier molecular flexibility index (Phi) is 12.6. The van der Waals surface area contributed by atoms with Crippen LogP contribution in [0.1, 0.15) is 55.9 Å². The molecule has 1 N–H and O–H groups in total. The molecule has 10 atom stereocenters. The maximum Gasteiger partial charge on any atom is 0.305 e. The van der Waals surface area contributed by atoms with E-state index in [-0.39, 0.29) is 56.3 Å². The number of nitrogens with one attached hydrogen (secondary N) is 1. The highest BCUT2D eigenvalue weighted by molar-refractivity contribution is 5.75. The number of esters is 1. The lowest BCUT2D eigenvalue weighted by molar-refractivity contribution is -0.229. The number of hydrogen-bond acceptors (Lipinski definition) is 9. The Balaban J connectivity index is 0.000000367. The molecular weight excluding hydrogens is 484 g/mol. The molecule has 0 aromatic heterocycles. The van der Waals surface area contributed by atoms with Gasteiger partial charge in [0.2, 0.25) is 18.5 Å². The van der Waals surface area contributed by atoms with Crippen LogP contribution >= 0.6 is 0 Å². The summed E-state index contributed by atoms with van der Waals surface area (Å²) in [4.78, 5) is 32.3. The van der Waals surface area contributed by atoms with Gasteiger partial charge in [0.15, 0.2) is 5.90 Å². The molecule has 2 saturated heterocycles. The lowest BCUT2D eigenvalue weighted by Crippen LogP contribution is -2.58. The van der Waals surface area contributed by atoms with E-state index in [4.69, 9.17) is 30.0 Å². The van der Waals surface area contributed by atoms with E-state index in [1.54, 1.807) is 0 Å². The summed E-state index contributed by atoms with van der Waals surface area (Å²) in [5, 5.41) is 9.83. The average Bonchev–Trinajstić information content (AvgIpc) is 3.19. The van der Waals surface area contributed by atoms with Gasteiger partial charge in [0.1, 0.15) is 6.04 Å². The van der Waals surface area contributed by atoms with Crippen LogP contribution in [0.5, 0.6) is 0 Å². The first-order valence-electron chi connectivity index (χ1n) is 12.0. The van der Waals surface area contributed by atoms with Crippen molar-refractivity contribution in [3.8, 4) is 0 Å². The first-order chi connectivity index (χ1) is 17.0. The van der Waals surface area contributed by atoms with Crippen LogP contribution in [-0.2, 0) is 28.5 Å². The molecule has 3 aliphatic rings. The number of rotatable bonds is 6. The number of ether oxygens (including phenoxy) is 4. The highest BCUT2D eigenvalue weighted by Gasteiger charge is 2.45. The minimum Gasteiger partial charge on any atom is -0.450 e. The van der Waals surface area contributed by atoms with Gasteiger partial charge in [0.05, 0.1) is 31.3 Å². The second-order valence-corrected chi connectivity index (χ2v) is 9.44. The number of hydrogen-bond donors (Lipinski definition) is 1. The molecule has 0 aromatic rings. The van der Waals surface area contributed by atoms with E-state index >= 15 is 0 Å². The zero-order valence-corrected chi connectivity index (χ0v) is 21.8. The van der Waals surface area contributed by atoms with E-state index in [2.05, 4.69) is 44.2 Å². The Morgan fingerprint density at radius 2 is 1.51 bits per heavy atom. The zero-order valence-electron chi connectivity index (χ0n) is 21.8. The van der Waals surface area contributed by atoms with E-state index in [1.807, 2.05) is 20.8 Å². The van der Waals surface area contributed by atoms with E-state index in [9.17, 15) is 9.59 Å². The molecule has 3 aliphatic heterocycles. The number of amides is 1. The van der Waals surface area contributed by atoms with Crippen LogP contribution in [0, 0.1) is 23.7 Å². The van der Waals surface area contributed by atoms with Gasteiger partial charge in [-0.2, -0.15) is 0 Å². The van der Waals surface area contributed by atoms with Crippen molar-refractivity contribution in [2.45, 2.75) is 92.8 Å². The molecule has 0 radical (unpaired) electrons. The number of carbonyl (C=O) groups is 2. The molecule has 3 rings (SSSR count). The molecule has 3 heterocycles. The summed E-state index contributed by atoms with van der Waals surface area (Å²) in [6, 6.07) is -0.342. The average molecular weight is 525 g/mol. The fourth-order valence-corrected chi connectivity index (χ4v) is 4.60. The Labute approximate surface area is 217 Å². The Bertz CT molecular complexity index is 919. The summed E-state index contributed by atoms with van der Waals surface area (Å²) in [6.45, 7) is 13.1. The summed E-state index contributed by atoms with van der Waals surface area (Å²) >= 11 is 0. The third-order valence-electron chi connectivity index (χ3n) is 7.05. The van der Waals surface area contributed by atoms with Gasteiger partial charge in [-0.05, 0) is 34.7 Å². The molecule has 37 heavy (non-hydrogen) atoms. The standard InChI is InChI=1S/C12H20N4O4.C10H16N4O2.CH4/c1-6-7(2)11(15-8(3)17)12(19-9(4)18)20-10(6)5-14-16-13;1-5-6(2)9-10(15-7(3)13-9)16-8(5)4-12-14-11;/h6-7,10-12H,5H2,1-4H3,(H,15,17);5-6,8-10H,4H2,1-3H3;1H4. The van der Waals surface area contributed by atoms with Gasteiger partial charge in [0, 0.05) is 30.6 Å². The van der Waals surface area contributed by atoms with Gasteiger partial charge in [-0.3, -0.25) is 9.59 Å². The van der Waals surface area contributed by atoms with Gasteiger partial charge >= 0.3 is 5.97 Å². The van der Waals surface area contributed by atoms with Crippen molar-refractivity contribution in [1.29, 1.82) is 0 Å². The van der Waals surface area contributed by atoms with Crippen LogP contribution < -0.4 is 5.32 Å². The molecular formula is C23H40N8O6. The minimum absolute atomic E-state index is 0. The van der Waals surface area contributed by atoms with E-state index in [1.165, 1.54) is 13.8 Å². The van der Waals surface area contributed by atoms with Crippen molar-refractivity contribution in [1.82, 2.24) is 5.32 Å². The molecule has 0 bridgehead atoms. The van der Waals surface area contributed by atoms with Crippen LogP contribution in [0.4, 0.5) is 0 Å². The molecule has 0 saturated carbocycles. The third-order valence-corrected chi connectivity index (χ3v) is 7.05. The quantitative estimate of drug-likeness (QED) is 0.235. The lowest BCUT2D eigenvalue weighted by atomic mass is 9.82. The van der Waals surface area contributed by atoms with Crippen molar-refractivity contribution in [2.75, 3.05) is 13.1 Å². The van der Waals surface area contributed by atoms with E-state index in [0.29, 0.717) is 24.3 Å². The largest absolute Gasteiger partial charge is 0.450 e. The summed E-state index contributed by atoms with van der Waals surface area (Å²) in [7, 11) is 0. The minimum atomic E-state index is -0.874. The van der Waals surface area contributed by atoms with Crippen LogP contribution in [0.15, 0.2) is 15.2 Å². The van der Waals surface area contributed by atoms with Crippen molar-refractivity contribution >= 4 is 17.8 Å². The first-order valence-corrected chi connectivity index (χ1v) is 12.0. The maximum absolute atomic E-state index is 11.3. The van der Waals surface area contributed by atoms with Crippen LogP contribution in [0.2, 0.25) is 0 Å². The van der Waals surface area contributed by atoms with Crippen molar-refractivity contribution in [3.05, 3.63) is 20.9 Å². The number of carbonyl (C=O) groups excluding carboxylic acids is 2. The first kappa shape index (κ1) is 32.0. The Morgan fingerprint density at radius 3 is 2.03 bits per heavy atom. The van der Waals surface area contributed by atoms with Crippen LogP contribution in [0.3, 0.4) is 0 Å². The maximum atomic E-state index is 11.3. The fraction of sp³-hybridized carbons (Fsp3) is 0.870. The van der Waals surface area contributed by atoms with Crippen molar-refractivity contribution in [2.24, 2.45) is 38.9 Å². The van der Waals surface area contributed by atoms with Crippen molar-refractivity contribution < 1.29 is 28.5 Å². The number of azide groups is 2. The molecule has 10 unspecified atom stereocenters. The molecule has 0 aliphatic carbocycles. The Morgan fingerprint density at radius 1 is 0.973 bits per heavy atom. The second-order valence-electron chi connectivity index (χ2n) is 9.44. The fourth-order valence-electron chi connectivity index (χ4n) is 4.60. The molecule has 14 nitrogen and oxygen atoms in total. The molecule has 14 heteroatoms. The number of aliphatic imine (C=N–C) groups is 1. The van der Waals surface area contributed by atoms with Crippen LogP contribution in [-0.4, -0.2) is 67.7 Å². The van der Waals surface area contributed by atoms with Gasteiger partial charge in [-0.25, -0.2) is 4.99 Å². The number of nitrogens with zero attached hydrogens (tertiary/aromatic N) is 7. The van der Waals surface area contributed by atoms with Gasteiger partial charge in [-0.1, -0.05) is 45.4 Å². The summed E-state index contributed by atoms with van der Waals surface area (Å²) in [5.74, 6) is 0.705. The number of fused-ring (bicyclic) bond motifs is 1. The van der Waals surface area contributed by atoms with E-state index < -0.39 is 18.3 Å². The highest BCUT2D eigenvalue weighted by atomic mass is 16.7. The van der Waals surface area contributed by atoms with Gasteiger partial charge in [0.25, 0.3) is 0 Å². The van der Waals surface area contributed by atoms with Gasteiger partial charge in [-0.15, -0.1) is 0 Å². The van der Waals surface area contributed by atoms with Crippen molar-refractivity contribution in [3.63, 3.8) is 0 Å². The summed E-state index contributed by atoms with van der Waals surface area (Å²) in [6.07, 6.45) is -1.60. The molecule has 2 fully saturated rings. The predicted molar refractivity (Wildman–Crippen MR) is 136 cm³/mol. The second kappa shape index (κ2) is 14.6. The SMILES string of the molecule is C.CC(=O)NC1C(OC(C)=O)OC(CN=[N+]=[N-])C(C)C1C.CC1=NC2C(O1)OC(CN=[N+]=[N-])C(C)C2C. The molecule has 1 amide bonds. The van der Waals surface area contributed by atoms with E-state index in [0.717, 1.165) is 0 Å². The Hall–Kier alpha value is -3.05. The summed E-state index contributed by atoms with van der Waals surface area (Å²) in [5.41, 5.74) is 16.7. The zero-order chi connectivity index (χ0) is 27.0.